The monoisotopic (exact) mass is 731 g/mol. The molecule has 8 aromatic carbocycles. The van der Waals surface area contributed by atoms with Crippen LogP contribution in [0.5, 0.6) is 0 Å². The van der Waals surface area contributed by atoms with E-state index in [9.17, 15) is 0 Å². The van der Waals surface area contributed by atoms with E-state index in [2.05, 4.69) is 187 Å². The number of nitrogens with zero attached hydrogens (tertiary/aromatic N) is 1. The molecular formula is C49H30ClNS2. The van der Waals surface area contributed by atoms with Gasteiger partial charge in [0.2, 0.25) is 0 Å². The number of para-hydroxylation sites is 1. The van der Waals surface area contributed by atoms with Crippen molar-refractivity contribution in [2.24, 2.45) is 0 Å². The van der Waals surface area contributed by atoms with Crippen molar-refractivity contribution >= 4 is 71.9 Å². The van der Waals surface area contributed by atoms with E-state index >= 15 is 0 Å². The second-order valence-electron chi connectivity index (χ2n) is 13.7. The summed E-state index contributed by atoms with van der Waals surface area (Å²) in [6, 6.07) is 66.6. The van der Waals surface area contributed by atoms with Crippen LogP contribution in [0.2, 0.25) is 5.02 Å². The smallest absolute Gasteiger partial charge is 0.0735 e. The maximum Gasteiger partial charge on any atom is 0.0735 e. The van der Waals surface area contributed by atoms with Crippen LogP contribution in [0.15, 0.2) is 192 Å². The molecule has 53 heavy (non-hydrogen) atoms. The van der Waals surface area contributed by atoms with Gasteiger partial charge in [-0.3, -0.25) is 0 Å². The topological polar surface area (TPSA) is 3.24 Å². The average Bonchev–Trinajstić information content (AvgIpc) is 3.73. The summed E-state index contributed by atoms with van der Waals surface area (Å²) in [7, 11) is 0. The minimum atomic E-state index is -0.465. The molecule has 1 nitrogen and oxygen atoms in total. The first-order valence-corrected chi connectivity index (χ1v) is 19.9. The Kier molecular flexibility index (Phi) is 7.00. The Morgan fingerprint density at radius 1 is 0.472 bits per heavy atom. The number of hydrogen-bond donors (Lipinski definition) is 0. The molecule has 0 unspecified atom stereocenters. The van der Waals surface area contributed by atoms with E-state index in [4.69, 9.17) is 11.6 Å². The predicted molar refractivity (Wildman–Crippen MR) is 226 cm³/mol. The number of halogens is 1. The summed E-state index contributed by atoms with van der Waals surface area (Å²) in [4.78, 5) is 4.87. The number of rotatable bonds is 4. The lowest BCUT2D eigenvalue weighted by atomic mass is 9.67. The van der Waals surface area contributed by atoms with Crippen molar-refractivity contribution in [3.8, 4) is 22.3 Å². The third-order valence-electron chi connectivity index (χ3n) is 11.0. The second-order valence-corrected chi connectivity index (χ2v) is 16.3. The normalized spacial score (nSPS) is 13.5. The highest BCUT2D eigenvalue weighted by molar-refractivity contribution is 7.99. The number of hydrogen-bond acceptors (Lipinski definition) is 3. The van der Waals surface area contributed by atoms with Crippen LogP contribution in [0.1, 0.15) is 22.3 Å². The maximum atomic E-state index is 6.78. The van der Waals surface area contributed by atoms with Crippen LogP contribution in [0.25, 0.3) is 42.4 Å². The molecule has 4 heteroatoms. The van der Waals surface area contributed by atoms with Crippen molar-refractivity contribution in [2.45, 2.75) is 15.2 Å². The van der Waals surface area contributed by atoms with Crippen LogP contribution >= 0.6 is 34.7 Å². The lowest BCUT2D eigenvalue weighted by Gasteiger charge is -2.40. The van der Waals surface area contributed by atoms with Crippen LogP contribution in [0.3, 0.4) is 0 Å². The van der Waals surface area contributed by atoms with Crippen molar-refractivity contribution in [2.75, 3.05) is 4.90 Å². The largest absolute Gasteiger partial charge is 0.310 e. The van der Waals surface area contributed by atoms with Crippen molar-refractivity contribution in [3.05, 3.63) is 209 Å². The molecule has 250 valence electrons. The molecule has 0 saturated heterocycles. The van der Waals surface area contributed by atoms with E-state index in [1.807, 2.05) is 23.1 Å². The molecule has 0 amide bonds. The highest BCUT2D eigenvalue weighted by atomic mass is 35.5. The molecule has 0 bridgehead atoms. The molecule has 2 heterocycles. The van der Waals surface area contributed by atoms with Crippen molar-refractivity contribution in [3.63, 3.8) is 0 Å². The fraction of sp³-hybridized carbons (Fsp3) is 0.0204. The summed E-state index contributed by atoms with van der Waals surface area (Å²) < 4.78 is 2.59. The summed E-state index contributed by atoms with van der Waals surface area (Å²) in [6.45, 7) is 0. The highest BCUT2D eigenvalue weighted by Crippen LogP contribution is 2.63. The van der Waals surface area contributed by atoms with Gasteiger partial charge in [0.05, 0.1) is 11.1 Å². The molecule has 1 aliphatic heterocycles. The zero-order chi connectivity index (χ0) is 35.1. The first-order chi connectivity index (χ1) is 26.2. The van der Waals surface area contributed by atoms with Gasteiger partial charge < -0.3 is 4.90 Å². The van der Waals surface area contributed by atoms with E-state index in [1.165, 1.54) is 74.5 Å². The van der Waals surface area contributed by atoms with Gasteiger partial charge in [-0.15, -0.1) is 11.3 Å². The molecule has 9 aromatic rings. The van der Waals surface area contributed by atoms with E-state index in [-0.39, 0.29) is 0 Å². The Morgan fingerprint density at radius 3 is 1.85 bits per heavy atom. The number of anilines is 3. The second kappa shape index (κ2) is 12.0. The van der Waals surface area contributed by atoms with Crippen molar-refractivity contribution in [1.82, 2.24) is 0 Å². The predicted octanol–water partition coefficient (Wildman–Crippen LogP) is 14.7. The summed E-state index contributed by atoms with van der Waals surface area (Å²) in [5, 5.41) is 3.33. The van der Waals surface area contributed by atoms with Gasteiger partial charge in [-0.1, -0.05) is 151 Å². The zero-order valence-electron chi connectivity index (χ0n) is 28.5. The Morgan fingerprint density at radius 2 is 1.09 bits per heavy atom. The summed E-state index contributed by atoms with van der Waals surface area (Å²) in [5.41, 5.74) is 13.1. The Labute approximate surface area is 321 Å². The van der Waals surface area contributed by atoms with Crippen LogP contribution < -0.4 is 4.90 Å². The molecule has 11 rings (SSSR count). The zero-order valence-corrected chi connectivity index (χ0v) is 30.9. The summed E-state index contributed by atoms with van der Waals surface area (Å²) in [5.74, 6) is 0. The molecule has 0 radical (unpaired) electrons. The fourth-order valence-corrected chi connectivity index (χ4v) is 11.5. The molecule has 1 aliphatic carbocycles. The molecule has 0 atom stereocenters. The maximum absolute atomic E-state index is 6.78. The van der Waals surface area contributed by atoms with Crippen molar-refractivity contribution in [1.29, 1.82) is 0 Å². The van der Waals surface area contributed by atoms with E-state index in [1.54, 1.807) is 0 Å². The third-order valence-corrected chi connectivity index (χ3v) is 13.5. The van der Waals surface area contributed by atoms with Gasteiger partial charge in [0, 0.05) is 51.9 Å². The molecule has 0 N–H and O–H groups in total. The van der Waals surface area contributed by atoms with Crippen molar-refractivity contribution < 1.29 is 0 Å². The van der Waals surface area contributed by atoms with E-state index in [0.717, 1.165) is 22.1 Å². The van der Waals surface area contributed by atoms with Crippen LogP contribution in [-0.2, 0) is 5.41 Å². The first kappa shape index (κ1) is 31.0. The minimum Gasteiger partial charge on any atom is -0.310 e. The fourth-order valence-electron chi connectivity index (χ4n) is 8.91. The number of benzene rings is 8. The van der Waals surface area contributed by atoms with Gasteiger partial charge in [0.15, 0.2) is 0 Å². The number of fused-ring (bicyclic) bond motifs is 12. The SMILES string of the molecule is Clc1ccc2c(c1)Sc1cc(N(c3ccccc3)c3ccc4sc5ccccc5c4c3-c3ccccc3)ccc1C21c2ccccc2-c2ccccc21. The van der Waals surface area contributed by atoms with Gasteiger partial charge in [-0.2, -0.15) is 0 Å². The summed E-state index contributed by atoms with van der Waals surface area (Å²) >= 11 is 10.5. The van der Waals surface area contributed by atoms with Gasteiger partial charge in [-0.05, 0) is 93.5 Å². The lowest BCUT2D eigenvalue weighted by molar-refractivity contribution is 0.722. The van der Waals surface area contributed by atoms with Crippen LogP contribution in [0.4, 0.5) is 17.1 Å². The molecule has 1 aromatic heterocycles. The van der Waals surface area contributed by atoms with Gasteiger partial charge in [0.1, 0.15) is 0 Å². The van der Waals surface area contributed by atoms with Crippen LogP contribution in [-0.4, -0.2) is 0 Å². The lowest BCUT2D eigenvalue weighted by Crippen LogP contribution is -2.32. The Hall–Kier alpha value is -5.58. The van der Waals surface area contributed by atoms with E-state index in [0.29, 0.717) is 0 Å². The average molecular weight is 732 g/mol. The minimum absolute atomic E-state index is 0.465. The summed E-state index contributed by atoms with van der Waals surface area (Å²) in [6.07, 6.45) is 0. The van der Waals surface area contributed by atoms with Gasteiger partial charge >= 0.3 is 0 Å². The standard InChI is InChI=1S/C49H30ClNS2/c50-32-23-25-40-45(29-32)53-46-30-34(24-26-41(46)49(40)38-20-10-7-17-35(38)36-18-8-11-21-39(36)49)51(33-15-5-2-6-16-33)42-27-28-44-48(37-19-9-12-22-43(37)52-44)47(42)31-13-3-1-4-14-31/h1-30H. The molecule has 0 fully saturated rings. The van der Waals surface area contributed by atoms with Crippen LogP contribution in [0, 0.1) is 0 Å². The Balaban J connectivity index is 1.20. The Bertz CT molecular complexity index is 2850. The molecule has 0 saturated carbocycles. The first-order valence-electron chi connectivity index (χ1n) is 17.9. The molecular weight excluding hydrogens is 702 g/mol. The number of thiophene rings is 1. The molecule has 1 spiro atoms. The quantitative estimate of drug-likeness (QED) is 0.177. The van der Waals surface area contributed by atoms with E-state index < -0.39 is 5.41 Å². The highest BCUT2D eigenvalue weighted by Gasteiger charge is 2.50. The van der Waals surface area contributed by atoms with Gasteiger partial charge in [0.25, 0.3) is 0 Å². The molecule has 2 aliphatic rings. The van der Waals surface area contributed by atoms with Gasteiger partial charge in [-0.25, -0.2) is 0 Å². The third kappa shape index (κ3) is 4.52.